The van der Waals surface area contributed by atoms with E-state index in [1.807, 2.05) is 6.07 Å². The summed E-state index contributed by atoms with van der Waals surface area (Å²) in [6.45, 7) is 0. The minimum atomic E-state index is -0.432. The normalized spacial score (nSPS) is 24.2. The Morgan fingerprint density at radius 1 is 1.29 bits per heavy atom. The van der Waals surface area contributed by atoms with Crippen molar-refractivity contribution in [3.05, 3.63) is 80.6 Å². The highest BCUT2D eigenvalue weighted by atomic mass is 35.5. The number of fused-ring (bicyclic) bond motifs is 3. The number of non-ortho nitro benzene ring substituents is 1. The summed E-state index contributed by atoms with van der Waals surface area (Å²) >= 11 is 6.30. The van der Waals surface area contributed by atoms with E-state index in [4.69, 9.17) is 11.6 Å². The van der Waals surface area contributed by atoms with Gasteiger partial charge in [0.1, 0.15) is 5.82 Å². The molecule has 4 rings (SSSR count). The van der Waals surface area contributed by atoms with Gasteiger partial charge < -0.3 is 5.32 Å². The smallest absolute Gasteiger partial charge is 0.271 e. The maximum absolute atomic E-state index is 13.6. The van der Waals surface area contributed by atoms with Crippen LogP contribution in [-0.2, 0) is 0 Å². The molecular weight excluding hydrogens is 331 g/mol. The predicted molar refractivity (Wildman–Crippen MR) is 90.9 cm³/mol. The van der Waals surface area contributed by atoms with E-state index in [0.29, 0.717) is 10.7 Å². The lowest BCUT2D eigenvalue weighted by Crippen LogP contribution is -2.29. The lowest BCUT2D eigenvalue weighted by atomic mass is 9.77. The van der Waals surface area contributed by atoms with Gasteiger partial charge in [0, 0.05) is 18.1 Å². The fraction of sp³-hybridized carbons (Fsp3) is 0.222. The van der Waals surface area contributed by atoms with Gasteiger partial charge in [0.15, 0.2) is 0 Å². The maximum Gasteiger partial charge on any atom is 0.271 e. The molecular formula is C18H14ClFN2O2. The molecule has 1 aliphatic carbocycles. The van der Waals surface area contributed by atoms with E-state index in [2.05, 4.69) is 17.5 Å². The topological polar surface area (TPSA) is 55.2 Å². The van der Waals surface area contributed by atoms with Gasteiger partial charge in [0.25, 0.3) is 5.69 Å². The number of halogens is 2. The number of nitrogens with zero attached hydrogens (tertiary/aromatic N) is 1. The molecule has 0 bridgehead atoms. The molecule has 0 saturated heterocycles. The molecule has 0 unspecified atom stereocenters. The number of nitrogens with one attached hydrogen (secondary N) is 1. The van der Waals surface area contributed by atoms with Crippen molar-refractivity contribution in [3.8, 4) is 0 Å². The molecule has 0 fully saturated rings. The molecule has 3 atom stereocenters. The minimum absolute atomic E-state index is 0.0104. The summed E-state index contributed by atoms with van der Waals surface area (Å²) in [6.07, 6.45) is 4.97. The van der Waals surface area contributed by atoms with Gasteiger partial charge in [-0.25, -0.2) is 4.39 Å². The Kier molecular flexibility index (Phi) is 3.53. The first kappa shape index (κ1) is 15.1. The van der Waals surface area contributed by atoms with Gasteiger partial charge in [-0.3, -0.25) is 10.1 Å². The van der Waals surface area contributed by atoms with Crippen molar-refractivity contribution in [2.45, 2.75) is 18.4 Å². The third kappa shape index (κ3) is 2.36. The highest BCUT2D eigenvalue weighted by Crippen LogP contribution is 2.52. The number of nitro groups is 1. The van der Waals surface area contributed by atoms with Gasteiger partial charge >= 0.3 is 0 Å². The first-order chi connectivity index (χ1) is 11.5. The first-order valence-electron chi connectivity index (χ1n) is 7.71. The Balaban J connectivity index is 1.83. The Bertz CT molecular complexity index is 868. The molecule has 0 aromatic heterocycles. The second-order valence-corrected chi connectivity index (χ2v) is 6.59. The van der Waals surface area contributed by atoms with E-state index in [1.54, 1.807) is 12.1 Å². The molecule has 0 spiro atoms. The third-order valence-corrected chi connectivity index (χ3v) is 5.12. The standard InChI is InChI=1S/C18H14ClFN2O2/c19-16-9-12(22(23)24)8-15-13-5-2-6-14(13)17(21-18(15)16)10-3-1-4-11(20)7-10/h1-5,7-9,13-14,17,21H,6H2/t13-,14+,17-/m0/s1. The average molecular weight is 345 g/mol. The van der Waals surface area contributed by atoms with Crippen molar-refractivity contribution in [2.24, 2.45) is 5.92 Å². The van der Waals surface area contributed by atoms with Gasteiger partial charge in [0.2, 0.25) is 0 Å². The van der Waals surface area contributed by atoms with Crippen LogP contribution in [0, 0.1) is 21.8 Å². The van der Waals surface area contributed by atoms with Gasteiger partial charge in [0.05, 0.1) is 21.7 Å². The fourth-order valence-corrected chi connectivity index (χ4v) is 4.05. The lowest BCUT2D eigenvalue weighted by Gasteiger charge is -2.37. The zero-order chi connectivity index (χ0) is 16.8. The van der Waals surface area contributed by atoms with E-state index in [0.717, 1.165) is 17.5 Å². The summed E-state index contributed by atoms with van der Waals surface area (Å²) in [4.78, 5) is 10.7. The van der Waals surface area contributed by atoms with Crippen LogP contribution in [0.1, 0.15) is 29.5 Å². The zero-order valence-electron chi connectivity index (χ0n) is 12.6. The van der Waals surface area contributed by atoms with E-state index in [-0.39, 0.29) is 29.4 Å². The number of hydrogen-bond donors (Lipinski definition) is 1. The van der Waals surface area contributed by atoms with E-state index in [9.17, 15) is 14.5 Å². The van der Waals surface area contributed by atoms with Crippen molar-refractivity contribution in [3.63, 3.8) is 0 Å². The van der Waals surface area contributed by atoms with Crippen molar-refractivity contribution < 1.29 is 9.31 Å². The second kappa shape index (κ2) is 5.60. The molecule has 1 heterocycles. The molecule has 24 heavy (non-hydrogen) atoms. The molecule has 0 radical (unpaired) electrons. The summed E-state index contributed by atoms with van der Waals surface area (Å²) in [5.74, 6) is -0.0679. The Hall–Kier alpha value is -2.40. The summed E-state index contributed by atoms with van der Waals surface area (Å²) in [6, 6.07) is 9.38. The van der Waals surface area contributed by atoms with Gasteiger partial charge in [-0.15, -0.1) is 0 Å². The van der Waals surface area contributed by atoms with Gasteiger partial charge in [-0.05, 0) is 35.6 Å². The van der Waals surface area contributed by atoms with E-state index >= 15 is 0 Å². The highest BCUT2D eigenvalue weighted by molar-refractivity contribution is 6.33. The van der Waals surface area contributed by atoms with Crippen LogP contribution in [0.5, 0.6) is 0 Å². The Morgan fingerprint density at radius 3 is 2.88 bits per heavy atom. The molecule has 122 valence electrons. The van der Waals surface area contributed by atoms with Crippen molar-refractivity contribution >= 4 is 23.0 Å². The van der Waals surface area contributed by atoms with Crippen LogP contribution in [0.15, 0.2) is 48.6 Å². The fourth-order valence-electron chi connectivity index (χ4n) is 3.78. The van der Waals surface area contributed by atoms with Crippen LogP contribution < -0.4 is 5.32 Å². The Morgan fingerprint density at radius 2 is 2.12 bits per heavy atom. The molecule has 1 aliphatic heterocycles. The maximum atomic E-state index is 13.6. The van der Waals surface area contributed by atoms with Crippen LogP contribution in [0.2, 0.25) is 5.02 Å². The molecule has 2 aromatic carbocycles. The predicted octanol–water partition coefficient (Wildman–Crippen LogP) is 5.21. The number of hydrogen-bond acceptors (Lipinski definition) is 3. The number of rotatable bonds is 2. The van der Waals surface area contributed by atoms with Crippen LogP contribution in [-0.4, -0.2) is 4.92 Å². The minimum Gasteiger partial charge on any atom is -0.376 e. The largest absolute Gasteiger partial charge is 0.376 e. The molecule has 0 amide bonds. The van der Waals surface area contributed by atoms with Crippen LogP contribution >= 0.6 is 11.6 Å². The second-order valence-electron chi connectivity index (χ2n) is 6.18. The molecule has 2 aromatic rings. The Labute approximate surface area is 143 Å². The van der Waals surface area contributed by atoms with Gasteiger partial charge in [-0.1, -0.05) is 35.9 Å². The average Bonchev–Trinajstić information content (AvgIpc) is 3.04. The summed E-state index contributed by atoms with van der Waals surface area (Å²) in [5.41, 5.74) is 2.38. The van der Waals surface area contributed by atoms with Gasteiger partial charge in [-0.2, -0.15) is 0 Å². The molecule has 2 aliphatic rings. The van der Waals surface area contributed by atoms with Crippen LogP contribution in [0.3, 0.4) is 0 Å². The SMILES string of the molecule is O=[N+]([O-])c1cc(Cl)c2c(c1)[C@H]1C=CC[C@H]1[C@H](c1cccc(F)c1)N2. The third-order valence-electron chi connectivity index (χ3n) is 4.82. The molecule has 4 nitrogen and oxygen atoms in total. The summed E-state index contributed by atoms with van der Waals surface area (Å²) in [7, 11) is 0. The molecule has 6 heteroatoms. The summed E-state index contributed by atoms with van der Waals surface area (Å²) in [5, 5.41) is 14.8. The van der Waals surface area contributed by atoms with E-state index < -0.39 is 4.92 Å². The molecule has 0 saturated carbocycles. The van der Waals surface area contributed by atoms with Crippen LogP contribution in [0.25, 0.3) is 0 Å². The number of benzene rings is 2. The van der Waals surface area contributed by atoms with Crippen molar-refractivity contribution in [2.75, 3.05) is 5.32 Å². The number of allylic oxidation sites excluding steroid dienone is 2. The monoisotopic (exact) mass is 344 g/mol. The highest BCUT2D eigenvalue weighted by Gasteiger charge is 2.39. The number of anilines is 1. The van der Waals surface area contributed by atoms with Crippen molar-refractivity contribution in [1.82, 2.24) is 0 Å². The quantitative estimate of drug-likeness (QED) is 0.462. The number of nitro benzene ring substituents is 1. The van der Waals surface area contributed by atoms with Crippen molar-refractivity contribution in [1.29, 1.82) is 0 Å². The van der Waals surface area contributed by atoms with E-state index in [1.165, 1.54) is 18.2 Å². The summed E-state index contributed by atoms with van der Waals surface area (Å²) < 4.78 is 13.6. The van der Waals surface area contributed by atoms with Crippen LogP contribution in [0.4, 0.5) is 15.8 Å². The zero-order valence-corrected chi connectivity index (χ0v) is 13.3. The lowest BCUT2D eigenvalue weighted by molar-refractivity contribution is -0.384. The molecule has 1 N–H and O–H groups in total. The first-order valence-corrected chi connectivity index (χ1v) is 8.09.